The maximum Gasteiger partial charge on any atom is 0.205 e. The lowest BCUT2D eigenvalue weighted by atomic mass is 9.75. The van der Waals surface area contributed by atoms with Gasteiger partial charge in [0.2, 0.25) is 7.28 Å². The molecule has 0 radical (unpaired) electrons. The SMILES string of the molecule is CCn1ccc(-c2cc(O[C@@H](C)[C@@H]3CBC(=O)C3)c3scnc3c2)n1. The highest BCUT2D eigenvalue weighted by Gasteiger charge is 2.29. The fraction of sp³-hybridized carbons (Fsp3) is 0.389. The van der Waals surface area contributed by atoms with Crippen LogP contribution >= 0.6 is 11.3 Å². The molecule has 0 aliphatic carbocycles. The van der Waals surface area contributed by atoms with Crippen molar-refractivity contribution in [3.63, 3.8) is 0 Å². The summed E-state index contributed by atoms with van der Waals surface area (Å²) in [4.78, 5) is 16.0. The average Bonchev–Trinajstić information content (AvgIpc) is 3.34. The third-order valence-electron chi connectivity index (χ3n) is 4.92. The van der Waals surface area contributed by atoms with Crippen LogP contribution in [0.15, 0.2) is 29.9 Å². The fourth-order valence-electron chi connectivity index (χ4n) is 3.40. The van der Waals surface area contributed by atoms with Crippen molar-refractivity contribution < 1.29 is 9.53 Å². The number of rotatable bonds is 5. The maximum atomic E-state index is 11.6. The number of ether oxygens (including phenoxy) is 1. The Morgan fingerprint density at radius 1 is 1.48 bits per heavy atom. The number of benzene rings is 1. The second kappa shape index (κ2) is 6.63. The van der Waals surface area contributed by atoms with Gasteiger partial charge >= 0.3 is 0 Å². The molecular weight excluding hydrogens is 333 g/mol. The molecule has 0 unspecified atom stereocenters. The van der Waals surface area contributed by atoms with Crippen LogP contribution in [-0.4, -0.2) is 33.8 Å². The second-order valence-electron chi connectivity index (χ2n) is 6.60. The van der Waals surface area contributed by atoms with E-state index in [1.54, 1.807) is 11.3 Å². The number of hydrogen-bond donors (Lipinski definition) is 0. The van der Waals surface area contributed by atoms with Crippen LogP contribution in [0.2, 0.25) is 6.32 Å². The quantitative estimate of drug-likeness (QED) is 0.660. The average molecular weight is 353 g/mol. The van der Waals surface area contributed by atoms with Gasteiger partial charge in [-0.05, 0) is 38.0 Å². The highest BCUT2D eigenvalue weighted by atomic mass is 32.1. The van der Waals surface area contributed by atoms with Crippen LogP contribution in [0.25, 0.3) is 21.5 Å². The molecule has 0 amide bonds. The molecule has 128 valence electrons. The van der Waals surface area contributed by atoms with Gasteiger partial charge in [-0.15, -0.1) is 11.3 Å². The summed E-state index contributed by atoms with van der Waals surface area (Å²) in [5, 5.41) is 4.59. The third-order valence-corrected chi connectivity index (χ3v) is 5.78. The van der Waals surface area contributed by atoms with Gasteiger partial charge in [0.15, 0.2) is 0 Å². The summed E-state index contributed by atoms with van der Waals surface area (Å²) in [7, 11) is 0.683. The first kappa shape index (κ1) is 16.3. The number of aryl methyl sites for hydroxylation is 1. The van der Waals surface area contributed by atoms with E-state index in [9.17, 15) is 4.79 Å². The molecule has 1 aliphatic rings. The molecule has 4 rings (SSSR count). The monoisotopic (exact) mass is 353 g/mol. The zero-order valence-corrected chi connectivity index (χ0v) is 15.3. The predicted octanol–water partition coefficient (Wildman–Crippen LogP) is 3.35. The zero-order chi connectivity index (χ0) is 17.4. The zero-order valence-electron chi connectivity index (χ0n) is 14.4. The normalized spacial score (nSPS) is 18.5. The summed E-state index contributed by atoms with van der Waals surface area (Å²) in [5.74, 6) is 1.14. The minimum Gasteiger partial charge on any atom is -0.489 e. The smallest absolute Gasteiger partial charge is 0.205 e. The Morgan fingerprint density at radius 2 is 2.36 bits per heavy atom. The van der Waals surface area contributed by atoms with E-state index < -0.39 is 0 Å². The van der Waals surface area contributed by atoms with Crippen molar-refractivity contribution in [2.24, 2.45) is 5.92 Å². The summed E-state index contributed by atoms with van der Waals surface area (Å²) in [5.41, 5.74) is 5.05. The van der Waals surface area contributed by atoms with Gasteiger partial charge in [0, 0.05) is 24.7 Å². The number of fused-ring (bicyclic) bond motifs is 1. The summed E-state index contributed by atoms with van der Waals surface area (Å²) in [6.45, 7) is 4.98. The maximum absolute atomic E-state index is 11.6. The van der Waals surface area contributed by atoms with E-state index in [1.807, 2.05) is 22.5 Å². The molecule has 0 saturated carbocycles. The molecule has 7 heteroatoms. The Morgan fingerprint density at radius 3 is 3.08 bits per heavy atom. The lowest BCUT2D eigenvalue weighted by molar-refractivity contribution is -0.112. The van der Waals surface area contributed by atoms with E-state index in [0.29, 0.717) is 25.3 Å². The van der Waals surface area contributed by atoms with Crippen LogP contribution in [0.3, 0.4) is 0 Å². The van der Waals surface area contributed by atoms with E-state index in [-0.39, 0.29) is 6.10 Å². The van der Waals surface area contributed by atoms with Gasteiger partial charge in [0.1, 0.15) is 5.75 Å². The van der Waals surface area contributed by atoms with Crippen LogP contribution in [0.4, 0.5) is 0 Å². The molecule has 25 heavy (non-hydrogen) atoms. The second-order valence-corrected chi connectivity index (χ2v) is 7.45. The molecular formula is C18H20BN3O2S. The first-order valence-electron chi connectivity index (χ1n) is 8.73. The standard InChI is InChI=1S/C18H20BN3O2S/c1-3-22-5-4-14(21-22)12-6-15-18(25-10-20-15)16(7-12)24-11(2)13-8-17(23)19-9-13/h4-7,10-11,13,19H,3,8-9H2,1-2H3/t11-,13-/m0/s1. The Balaban J connectivity index is 1.67. The van der Waals surface area contributed by atoms with Crippen LogP contribution < -0.4 is 4.74 Å². The van der Waals surface area contributed by atoms with Gasteiger partial charge in [-0.1, -0.05) is 6.32 Å². The van der Waals surface area contributed by atoms with Crippen molar-refractivity contribution >= 4 is 34.5 Å². The number of hydrogen-bond acceptors (Lipinski definition) is 5. The predicted molar refractivity (Wildman–Crippen MR) is 102 cm³/mol. The molecule has 0 bridgehead atoms. The van der Waals surface area contributed by atoms with E-state index in [1.165, 1.54) is 0 Å². The van der Waals surface area contributed by atoms with E-state index in [4.69, 9.17) is 4.74 Å². The van der Waals surface area contributed by atoms with E-state index in [0.717, 1.165) is 40.1 Å². The summed E-state index contributed by atoms with van der Waals surface area (Å²) in [6, 6.07) is 6.13. The van der Waals surface area contributed by atoms with E-state index >= 15 is 0 Å². The van der Waals surface area contributed by atoms with Crippen LogP contribution in [0, 0.1) is 5.92 Å². The Labute approximate surface area is 151 Å². The van der Waals surface area contributed by atoms with Crippen LogP contribution in [-0.2, 0) is 11.3 Å². The number of carbonyl (C=O) groups excluding carboxylic acids is 1. The molecule has 1 aliphatic heterocycles. The molecule has 5 nitrogen and oxygen atoms in total. The molecule has 1 aromatic carbocycles. The summed E-state index contributed by atoms with van der Waals surface area (Å²) in [6.07, 6.45) is 3.55. The highest BCUT2D eigenvalue weighted by molar-refractivity contribution is 7.17. The van der Waals surface area contributed by atoms with Crippen LogP contribution in [0.5, 0.6) is 5.75 Å². The summed E-state index contributed by atoms with van der Waals surface area (Å²) < 4.78 is 9.26. The van der Waals surface area contributed by atoms with Gasteiger partial charge in [-0.25, -0.2) is 4.98 Å². The minimum absolute atomic E-state index is 0.0141. The largest absolute Gasteiger partial charge is 0.489 e. The topological polar surface area (TPSA) is 57.0 Å². The van der Waals surface area contributed by atoms with Crippen molar-refractivity contribution in [3.8, 4) is 17.0 Å². The van der Waals surface area contributed by atoms with Gasteiger partial charge in [-0.3, -0.25) is 4.68 Å². The number of aromatic nitrogens is 3. The Bertz CT molecular complexity index is 920. The highest BCUT2D eigenvalue weighted by Crippen LogP contribution is 2.36. The van der Waals surface area contributed by atoms with Gasteiger partial charge < -0.3 is 9.53 Å². The fourth-order valence-corrected chi connectivity index (χ4v) is 4.13. The van der Waals surface area contributed by atoms with Crippen molar-refractivity contribution in [1.29, 1.82) is 0 Å². The van der Waals surface area contributed by atoms with E-state index in [2.05, 4.69) is 36.1 Å². The first-order valence-corrected chi connectivity index (χ1v) is 9.61. The molecule has 1 fully saturated rings. The molecule has 2 aromatic heterocycles. The van der Waals surface area contributed by atoms with Crippen LogP contribution in [0.1, 0.15) is 20.3 Å². The van der Waals surface area contributed by atoms with Crippen molar-refractivity contribution in [1.82, 2.24) is 14.8 Å². The Hall–Kier alpha value is -2.15. The molecule has 1 saturated heterocycles. The van der Waals surface area contributed by atoms with Crippen molar-refractivity contribution in [2.45, 2.75) is 39.2 Å². The lowest BCUT2D eigenvalue weighted by Crippen LogP contribution is -2.21. The van der Waals surface area contributed by atoms with Gasteiger partial charge in [0.05, 0.1) is 33.2 Å². The third kappa shape index (κ3) is 3.20. The molecule has 0 N–H and O–H groups in total. The minimum atomic E-state index is 0.0141. The number of thiazole rings is 1. The van der Waals surface area contributed by atoms with Gasteiger partial charge in [-0.2, -0.15) is 5.10 Å². The lowest BCUT2D eigenvalue weighted by Gasteiger charge is -2.21. The first-order chi connectivity index (χ1) is 12.1. The summed E-state index contributed by atoms with van der Waals surface area (Å²) >= 11 is 1.58. The molecule has 2 atom stereocenters. The molecule has 0 spiro atoms. The number of nitrogens with zero attached hydrogens (tertiary/aromatic N) is 3. The van der Waals surface area contributed by atoms with Crippen molar-refractivity contribution in [2.75, 3.05) is 0 Å². The number of carbonyl (C=O) groups is 1. The van der Waals surface area contributed by atoms with Gasteiger partial charge in [0.25, 0.3) is 0 Å². The molecule has 3 aromatic rings. The molecule has 3 heterocycles. The van der Waals surface area contributed by atoms with Crippen molar-refractivity contribution in [3.05, 3.63) is 29.9 Å². The Kier molecular flexibility index (Phi) is 4.33.